The van der Waals surface area contributed by atoms with Gasteiger partial charge >= 0.3 is 5.97 Å². The van der Waals surface area contributed by atoms with Crippen LogP contribution in [-0.2, 0) is 0 Å². The van der Waals surface area contributed by atoms with Gasteiger partial charge in [0, 0.05) is 12.2 Å². The number of hydrogen-bond acceptors (Lipinski definition) is 2. The topological polar surface area (TPSA) is 49.3 Å². The largest absolute Gasteiger partial charge is 0.478 e. The van der Waals surface area contributed by atoms with E-state index in [-0.39, 0.29) is 0 Å². The van der Waals surface area contributed by atoms with E-state index in [1.807, 2.05) is 12.1 Å². The summed E-state index contributed by atoms with van der Waals surface area (Å²) >= 11 is 0. The van der Waals surface area contributed by atoms with Gasteiger partial charge in [-0.15, -0.1) is 0 Å². The molecule has 1 aromatic carbocycles. The highest BCUT2D eigenvalue weighted by atomic mass is 16.4. The lowest BCUT2D eigenvalue weighted by Gasteiger charge is -2.28. The van der Waals surface area contributed by atoms with Crippen molar-refractivity contribution in [2.45, 2.75) is 39.0 Å². The van der Waals surface area contributed by atoms with E-state index in [1.54, 1.807) is 12.1 Å². The number of anilines is 1. The molecule has 0 radical (unpaired) electrons. The van der Waals surface area contributed by atoms with Crippen molar-refractivity contribution in [1.82, 2.24) is 0 Å². The van der Waals surface area contributed by atoms with Gasteiger partial charge in [0.05, 0.1) is 5.56 Å². The van der Waals surface area contributed by atoms with E-state index in [4.69, 9.17) is 5.11 Å². The zero-order chi connectivity index (χ0) is 13.0. The van der Waals surface area contributed by atoms with Crippen molar-refractivity contribution in [3.8, 4) is 0 Å². The second kappa shape index (κ2) is 5.42. The zero-order valence-electron chi connectivity index (χ0n) is 10.9. The van der Waals surface area contributed by atoms with Gasteiger partial charge in [0.1, 0.15) is 0 Å². The summed E-state index contributed by atoms with van der Waals surface area (Å²) in [6.07, 6.45) is 6.52. The van der Waals surface area contributed by atoms with Crippen LogP contribution in [0.4, 0.5) is 5.69 Å². The van der Waals surface area contributed by atoms with E-state index < -0.39 is 5.97 Å². The fourth-order valence-corrected chi connectivity index (χ4v) is 2.80. The second-order valence-electron chi connectivity index (χ2n) is 5.30. The Morgan fingerprint density at radius 3 is 2.39 bits per heavy atom. The molecule has 98 valence electrons. The summed E-state index contributed by atoms with van der Waals surface area (Å²) in [7, 11) is 0. The van der Waals surface area contributed by atoms with Crippen LogP contribution in [0.2, 0.25) is 0 Å². The average molecular weight is 247 g/mol. The maximum Gasteiger partial charge on any atom is 0.335 e. The summed E-state index contributed by atoms with van der Waals surface area (Å²) in [6.45, 7) is 3.26. The first-order valence-electron chi connectivity index (χ1n) is 6.72. The predicted octanol–water partition coefficient (Wildman–Crippen LogP) is 3.77. The smallest absolute Gasteiger partial charge is 0.335 e. The maximum absolute atomic E-state index is 10.8. The summed E-state index contributed by atoms with van der Waals surface area (Å²) in [5, 5.41) is 12.3. The fourth-order valence-electron chi connectivity index (χ4n) is 2.80. The van der Waals surface area contributed by atoms with Crippen LogP contribution in [-0.4, -0.2) is 17.6 Å². The predicted molar refractivity (Wildman–Crippen MR) is 73.1 cm³/mol. The number of rotatable bonds is 5. The number of carbonyl (C=O) groups is 1. The van der Waals surface area contributed by atoms with Gasteiger partial charge in [0.15, 0.2) is 0 Å². The van der Waals surface area contributed by atoms with Crippen LogP contribution in [0.25, 0.3) is 0 Å². The molecule has 0 spiro atoms. The van der Waals surface area contributed by atoms with E-state index >= 15 is 0 Å². The summed E-state index contributed by atoms with van der Waals surface area (Å²) < 4.78 is 0. The molecule has 0 aliphatic heterocycles. The van der Waals surface area contributed by atoms with Crippen LogP contribution in [0, 0.1) is 5.41 Å². The highest BCUT2D eigenvalue weighted by Crippen LogP contribution is 2.40. The summed E-state index contributed by atoms with van der Waals surface area (Å²) in [5.41, 5.74) is 1.80. The Morgan fingerprint density at radius 1 is 1.28 bits per heavy atom. The Kier molecular flexibility index (Phi) is 3.90. The molecular weight excluding hydrogens is 226 g/mol. The van der Waals surface area contributed by atoms with Gasteiger partial charge in [-0.2, -0.15) is 0 Å². The first kappa shape index (κ1) is 12.9. The van der Waals surface area contributed by atoms with Crippen molar-refractivity contribution in [3.63, 3.8) is 0 Å². The van der Waals surface area contributed by atoms with Crippen molar-refractivity contribution >= 4 is 11.7 Å². The molecule has 1 fully saturated rings. The first-order valence-corrected chi connectivity index (χ1v) is 6.72. The molecule has 0 bridgehead atoms. The van der Waals surface area contributed by atoms with Crippen molar-refractivity contribution in [1.29, 1.82) is 0 Å². The molecule has 0 aromatic heterocycles. The lowest BCUT2D eigenvalue weighted by Crippen LogP contribution is -2.25. The molecule has 0 atom stereocenters. The Morgan fingerprint density at radius 2 is 1.89 bits per heavy atom. The number of carboxylic acids is 1. The van der Waals surface area contributed by atoms with Crippen molar-refractivity contribution in [2.75, 3.05) is 11.9 Å². The van der Waals surface area contributed by atoms with Crippen molar-refractivity contribution in [2.24, 2.45) is 5.41 Å². The van der Waals surface area contributed by atoms with E-state index in [2.05, 4.69) is 12.2 Å². The highest BCUT2D eigenvalue weighted by Gasteiger charge is 2.31. The molecule has 0 saturated heterocycles. The summed E-state index contributed by atoms with van der Waals surface area (Å²) in [6, 6.07) is 7.00. The average Bonchev–Trinajstić information content (AvgIpc) is 2.86. The lowest BCUT2D eigenvalue weighted by atomic mass is 9.83. The Bertz CT molecular complexity index is 405. The van der Waals surface area contributed by atoms with Gasteiger partial charge in [0.2, 0.25) is 0 Å². The van der Waals surface area contributed by atoms with E-state index in [1.165, 1.54) is 32.1 Å². The van der Waals surface area contributed by atoms with Gasteiger partial charge in [-0.3, -0.25) is 0 Å². The molecule has 3 heteroatoms. The Labute approximate surface area is 108 Å². The Hall–Kier alpha value is -1.51. The number of benzene rings is 1. The van der Waals surface area contributed by atoms with Gasteiger partial charge < -0.3 is 10.4 Å². The van der Waals surface area contributed by atoms with Gasteiger partial charge in [-0.1, -0.05) is 19.8 Å². The maximum atomic E-state index is 10.8. The second-order valence-corrected chi connectivity index (χ2v) is 5.30. The van der Waals surface area contributed by atoms with E-state index in [0.717, 1.165) is 12.2 Å². The molecule has 1 aromatic rings. The minimum atomic E-state index is -0.873. The third-order valence-corrected chi connectivity index (χ3v) is 4.21. The fraction of sp³-hybridized carbons (Fsp3) is 0.533. The molecule has 1 saturated carbocycles. The molecule has 0 amide bonds. The third-order valence-electron chi connectivity index (χ3n) is 4.21. The SMILES string of the molecule is CCC1(CNc2ccc(C(=O)O)cc2)CCCC1. The molecule has 2 rings (SSSR count). The summed E-state index contributed by atoms with van der Waals surface area (Å²) in [5.74, 6) is -0.873. The number of nitrogens with one attached hydrogen (secondary N) is 1. The molecule has 1 aliphatic carbocycles. The van der Waals surface area contributed by atoms with Crippen molar-refractivity contribution in [3.05, 3.63) is 29.8 Å². The molecule has 1 aliphatic rings. The normalized spacial score (nSPS) is 17.6. The first-order chi connectivity index (χ1) is 8.65. The minimum absolute atomic E-state index is 0.339. The Balaban J connectivity index is 1.95. The van der Waals surface area contributed by atoms with Gasteiger partial charge in [0.25, 0.3) is 0 Å². The molecule has 3 nitrogen and oxygen atoms in total. The molecule has 18 heavy (non-hydrogen) atoms. The number of carboxylic acid groups (broad SMARTS) is 1. The van der Waals surface area contributed by atoms with Gasteiger partial charge in [-0.25, -0.2) is 4.79 Å². The van der Waals surface area contributed by atoms with Gasteiger partial charge in [-0.05, 0) is 48.9 Å². The standard InChI is InChI=1S/C15H21NO2/c1-2-15(9-3-4-10-15)11-16-13-7-5-12(6-8-13)14(17)18/h5-8,16H,2-4,9-11H2,1H3,(H,17,18). The highest BCUT2D eigenvalue weighted by molar-refractivity contribution is 5.87. The van der Waals surface area contributed by atoms with Crippen LogP contribution in [0.1, 0.15) is 49.4 Å². The molecule has 2 N–H and O–H groups in total. The number of hydrogen-bond donors (Lipinski definition) is 2. The number of aromatic carboxylic acids is 1. The monoisotopic (exact) mass is 247 g/mol. The minimum Gasteiger partial charge on any atom is -0.478 e. The molecular formula is C15H21NO2. The zero-order valence-corrected chi connectivity index (χ0v) is 10.9. The van der Waals surface area contributed by atoms with Crippen LogP contribution < -0.4 is 5.32 Å². The quantitative estimate of drug-likeness (QED) is 0.832. The van der Waals surface area contributed by atoms with Crippen LogP contribution >= 0.6 is 0 Å². The van der Waals surface area contributed by atoms with E-state index in [9.17, 15) is 4.79 Å². The van der Waals surface area contributed by atoms with Crippen LogP contribution in [0.3, 0.4) is 0 Å². The van der Waals surface area contributed by atoms with E-state index in [0.29, 0.717) is 11.0 Å². The van der Waals surface area contributed by atoms with Crippen molar-refractivity contribution < 1.29 is 9.90 Å². The lowest BCUT2D eigenvalue weighted by molar-refractivity contribution is 0.0697. The molecule has 0 unspecified atom stereocenters. The van der Waals surface area contributed by atoms with Crippen LogP contribution in [0.15, 0.2) is 24.3 Å². The molecule has 0 heterocycles. The van der Waals surface area contributed by atoms with Crippen LogP contribution in [0.5, 0.6) is 0 Å². The third kappa shape index (κ3) is 2.84. The summed E-state index contributed by atoms with van der Waals surface area (Å²) in [4.78, 5) is 10.8.